The highest BCUT2D eigenvalue weighted by Crippen LogP contribution is 2.26. The van der Waals surface area contributed by atoms with E-state index >= 15 is 0 Å². The zero-order chi connectivity index (χ0) is 17.2. The predicted molar refractivity (Wildman–Crippen MR) is 96.2 cm³/mol. The average Bonchev–Trinajstić information content (AvgIpc) is 3.30. The van der Waals surface area contributed by atoms with Crippen molar-refractivity contribution >= 4 is 17.5 Å². The first-order valence-electron chi connectivity index (χ1n) is 8.74. The molecule has 0 radical (unpaired) electrons. The third-order valence-corrected chi connectivity index (χ3v) is 4.90. The molecule has 128 valence electrons. The number of likely N-dealkylation sites (tertiary alicyclic amines) is 1. The predicted octanol–water partition coefficient (Wildman–Crippen LogP) is 2.71. The Balaban J connectivity index is 1.63. The zero-order valence-corrected chi connectivity index (χ0v) is 14.0. The number of amides is 2. The van der Waals surface area contributed by atoms with Crippen molar-refractivity contribution in [2.75, 3.05) is 18.4 Å². The number of rotatable bonds is 4. The van der Waals surface area contributed by atoms with Gasteiger partial charge in [0, 0.05) is 30.9 Å². The minimum atomic E-state index is -0.443. The fourth-order valence-corrected chi connectivity index (χ4v) is 3.52. The fraction of sp³-hybridized carbons (Fsp3) is 0.300. The maximum atomic E-state index is 13.0. The van der Waals surface area contributed by atoms with Crippen molar-refractivity contribution in [1.82, 2.24) is 10.2 Å². The summed E-state index contributed by atoms with van der Waals surface area (Å²) < 4.78 is 0. The van der Waals surface area contributed by atoms with Gasteiger partial charge in [0.25, 0.3) is 5.91 Å². The van der Waals surface area contributed by atoms with Crippen LogP contribution in [0.2, 0.25) is 0 Å². The van der Waals surface area contributed by atoms with Crippen LogP contribution >= 0.6 is 0 Å². The number of hydrogen-bond acceptors (Lipinski definition) is 3. The largest absolute Gasteiger partial charge is 0.370 e. The van der Waals surface area contributed by atoms with Crippen LogP contribution in [0.15, 0.2) is 48.5 Å². The lowest BCUT2D eigenvalue weighted by Crippen LogP contribution is -2.36. The summed E-state index contributed by atoms with van der Waals surface area (Å²) in [7, 11) is 0. The Morgan fingerprint density at radius 2 is 1.84 bits per heavy atom. The standard InChI is InChI=1S/C20H21N3O2/c24-19-17-12-16(9-8-15(17)13-21-19)22-18(14-6-2-1-3-7-14)20(25)23-10-4-5-11-23/h1-3,6-9,12,18,22H,4-5,10-11,13H2,(H,21,24)/t18-/m1/s1. The third kappa shape index (κ3) is 3.09. The molecule has 0 aromatic heterocycles. The molecule has 4 rings (SSSR count). The SMILES string of the molecule is O=C1NCc2ccc(N[C@@H](C(=O)N3CCCC3)c3ccccc3)cc21. The lowest BCUT2D eigenvalue weighted by atomic mass is 10.0. The van der Waals surface area contributed by atoms with Crippen LogP contribution in [-0.4, -0.2) is 29.8 Å². The van der Waals surface area contributed by atoms with E-state index in [2.05, 4.69) is 10.6 Å². The minimum absolute atomic E-state index is 0.0548. The van der Waals surface area contributed by atoms with Gasteiger partial charge < -0.3 is 15.5 Å². The van der Waals surface area contributed by atoms with Gasteiger partial charge in [0.2, 0.25) is 5.91 Å². The topological polar surface area (TPSA) is 61.4 Å². The Morgan fingerprint density at radius 1 is 1.08 bits per heavy atom. The summed E-state index contributed by atoms with van der Waals surface area (Å²) in [4.78, 5) is 26.9. The molecule has 2 amide bonds. The quantitative estimate of drug-likeness (QED) is 0.903. The lowest BCUT2D eigenvalue weighted by Gasteiger charge is -2.25. The molecule has 2 aromatic rings. The Hall–Kier alpha value is -2.82. The van der Waals surface area contributed by atoms with Gasteiger partial charge in [-0.25, -0.2) is 0 Å². The van der Waals surface area contributed by atoms with Gasteiger partial charge >= 0.3 is 0 Å². The van der Waals surface area contributed by atoms with E-state index < -0.39 is 6.04 Å². The summed E-state index contributed by atoms with van der Waals surface area (Å²) in [6, 6.07) is 15.0. The Kier molecular flexibility index (Phi) is 4.14. The van der Waals surface area contributed by atoms with Gasteiger partial charge in [0.1, 0.15) is 6.04 Å². The number of benzene rings is 2. The number of hydrogen-bond donors (Lipinski definition) is 2. The molecule has 2 aliphatic rings. The van der Waals surface area contributed by atoms with Gasteiger partial charge in [-0.15, -0.1) is 0 Å². The Labute approximate surface area is 147 Å². The smallest absolute Gasteiger partial charge is 0.251 e. The Bertz CT molecular complexity index is 798. The van der Waals surface area contributed by atoms with Crippen LogP contribution in [0.3, 0.4) is 0 Å². The van der Waals surface area contributed by atoms with Crippen molar-refractivity contribution in [3.63, 3.8) is 0 Å². The highest BCUT2D eigenvalue weighted by atomic mass is 16.2. The van der Waals surface area contributed by atoms with Crippen molar-refractivity contribution in [2.24, 2.45) is 0 Å². The molecule has 1 fully saturated rings. The number of carbonyl (C=O) groups excluding carboxylic acids is 2. The summed E-state index contributed by atoms with van der Waals surface area (Å²) >= 11 is 0. The molecule has 1 atom stereocenters. The van der Waals surface area contributed by atoms with Gasteiger partial charge in [0.15, 0.2) is 0 Å². The van der Waals surface area contributed by atoms with E-state index in [4.69, 9.17) is 0 Å². The van der Waals surface area contributed by atoms with E-state index in [1.807, 2.05) is 53.4 Å². The average molecular weight is 335 g/mol. The molecular formula is C20H21N3O2. The molecule has 1 saturated heterocycles. The summed E-state index contributed by atoms with van der Waals surface area (Å²) in [5, 5.41) is 6.17. The molecule has 0 saturated carbocycles. The second kappa shape index (κ2) is 6.59. The Morgan fingerprint density at radius 3 is 2.60 bits per heavy atom. The second-order valence-electron chi connectivity index (χ2n) is 6.58. The molecule has 5 heteroatoms. The van der Waals surface area contributed by atoms with E-state index in [9.17, 15) is 9.59 Å². The molecule has 25 heavy (non-hydrogen) atoms. The van der Waals surface area contributed by atoms with Crippen LogP contribution in [-0.2, 0) is 11.3 Å². The first kappa shape index (κ1) is 15.7. The lowest BCUT2D eigenvalue weighted by molar-refractivity contribution is -0.131. The van der Waals surface area contributed by atoms with Crippen molar-refractivity contribution in [3.8, 4) is 0 Å². The van der Waals surface area contributed by atoms with Gasteiger partial charge in [-0.1, -0.05) is 36.4 Å². The first-order chi connectivity index (χ1) is 12.2. The van der Waals surface area contributed by atoms with Gasteiger partial charge in [-0.05, 0) is 36.1 Å². The number of nitrogens with zero attached hydrogens (tertiary/aromatic N) is 1. The monoisotopic (exact) mass is 335 g/mol. The minimum Gasteiger partial charge on any atom is -0.370 e. The van der Waals surface area contributed by atoms with Gasteiger partial charge in [-0.3, -0.25) is 9.59 Å². The van der Waals surface area contributed by atoms with Crippen molar-refractivity contribution in [3.05, 3.63) is 65.2 Å². The van der Waals surface area contributed by atoms with Crippen LogP contribution in [0.4, 0.5) is 5.69 Å². The second-order valence-corrected chi connectivity index (χ2v) is 6.58. The molecule has 0 aliphatic carbocycles. The zero-order valence-electron chi connectivity index (χ0n) is 14.0. The number of anilines is 1. The van der Waals surface area contributed by atoms with Crippen molar-refractivity contribution in [1.29, 1.82) is 0 Å². The van der Waals surface area contributed by atoms with Crippen LogP contribution in [0, 0.1) is 0 Å². The van der Waals surface area contributed by atoms with Crippen LogP contribution in [0.5, 0.6) is 0 Å². The molecule has 0 unspecified atom stereocenters. The molecule has 2 N–H and O–H groups in total. The summed E-state index contributed by atoms with van der Waals surface area (Å²) in [6.45, 7) is 2.20. The molecule has 0 spiro atoms. The van der Waals surface area contributed by atoms with E-state index in [0.717, 1.165) is 42.7 Å². The van der Waals surface area contributed by atoms with Crippen molar-refractivity contribution < 1.29 is 9.59 Å². The molecule has 2 heterocycles. The van der Waals surface area contributed by atoms with E-state index in [0.29, 0.717) is 12.1 Å². The van der Waals surface area contributed by atoms with Crippen LogP contribution in [0.25, 0.3) is 0 Å². The third-order valence-electron chi connectivity index (χ3n) is 4.90. The normalized spacial score (nSPS) is 17.1. The first-order valence-corrected chi connectivity index (χ1v) is 8.74. The number of nitrogens with one attached hydrogen (secondary N) is 2. The maximum Gasteiger partial charge on any atom is 0.251 e. The van der Waals surface area contributed by atoms with E-state index in [1.165, 1.54) is 0 Å². The molecule has 0 bridgehead atoms. The molecule has 2 aromatic carbocycles. The molecule has 5 nitrogen and oxygen atoms in total. The molecular weight excluding hydrogens is 314 g/mol. The summed E-state index contributed by atoms with van der Waals surface area (Å²) in [5.74, 6) is 0.0365. The summed E-state index contributed by atoms with van der Waals surface area (Å²) in [5.41, 5.74) is 3.41. The number of fused-ring (bicyclic) bond motifs is 1. The van der Waals surface area contributed by atoms with Crippen LogP contribution in [0.1, 0.15) is 40.4 Å². The van der Waals surface area contributed by atoms with Gasteiger partial charge in [-0.2, -0.15) is 0 Å². The number of carbonyl (C=O) groups is 2. The van der Waals surface area contributed by atoms with Crippen molar-refractivity contribution in [2.45, 2.75) is 25.4 Å². The fourth-order valence-electron chi connectivity index (χ4n) is 3.52. The van der Waals surface area contributed by atoms with E-state index in [1.54, 1.807) is 0 Å². The van der Waals surface area contributed by atoms with Gasteiger partial charge in [0.05, 0.1) is 0 Å². The highest BCUT2D eigenvalue weighted by Gasteiger charge is 2.28. The maximum absolute atomic E-state index is 13.0. The van der Waals surface area contributed by atoms with Crippen LogP contribution < -0.4 is 10.6 Å². The van der Waals surface area contributed by atoms with E-state index in [-0.39, 0.29) is 11.8 Å². The summed E-state index contributed by atoms with van der Waals surface area (Å²) in [6.07, 6.45) is 2.12. The highest BCUT2D eigenvalue weighted by molar-refractivity contribution is 5.99. The molecule has 2 aliphatic heterocycles.